The van der Waals surface area contributed by atoms with Gasteiger partial charge in [-0.05, 0) is 66.3 Å². The maximum Gasteiger partial charge on any atom is 0.407 e. The summed E-state index contributed by atoms with van der Waals surface area (Å²) in [6.45, 7) is 4.77. The van der Waals surface area contributed by atoms with Crippen LogP contribution < -0.4 is 10.6 Å². The number of carbonyl (C=O) groups is 4. The standard InChI is InChI=1S/C39H42N8O6/c1-24(2)34(45-39(51)53-4)37(49)47-20-8-14-32(47)36-41-22-28(44-36)18-16-26-10-6-11-29-25(9-5-12-30(26)29)15-17-27-21-40-35(43-27)31-13-7-19-46(31)33(48)23-42-38(50)52-3/h5-6,9-12,21-22,24,31-32,34H,7-8,13-14,19-20,23H2,1-4H3,(H,40,43)(H,41,44)(H,42,50)(H,45,51)/t31-,32-,34-/m0/s1. The molecule has 4 N–H and O–H groups in total. The van der Waals surface area contributed by atoms with E-state index in [4.69, 9.17) is 4.74 Å². The van der Waals surface area contributed by atoms with Crippen molar-refractivity contribution in [2.75, 3.05) is 33.9 Å². The number of nitrogens with one attached hydrogen (secondary N) is 4. The molecule has 14 nitrogen and oxygen atoms in total. The Morgan fingerprint density at radius 3 is 1.85 bits per heavy atom. The minimum absolute atomic E-state index is 0.122. The van der Waals surface area contributed by atoms with E-state index < -0.39 is 18.2 Å². The Morgan fingerprint density at radius 2 is 1.32 bits per heavy atom. The molecular weight excluding hydrogens is 676 g/mol. The van der Waals surface area contributed by atoms with Crippen LogP contribution in [0.3, 0.4) is 0 Å². The first-order chi connectivity index (χ1) is 25.7. The normalized spacial score (nSPS) is 17.1. The van der Waals surface area contributed by atoms with Crippen LogP contribution in [0.25, 0.3) is 10.8 Å². The highest BCUT2D eigenvalue weighted by Gasteiger charge is 2.37. The van der Waals surface area contributed by atoms with Crippen LogP contribution in [-0.2, 0) is 19.1 Å². The van der Waals surface area contributed by atoms with Gasteiger partial charge >= 0.3 is 12.2 Å². The third kappa shape index (κ3) is 8.28. The molecule has 4 aromatic rings. The number of fused-ring (bicyclic) bond motifs is 1. The first-order valence-electron chi connectivity index (χ1n) is 17.6. The summed E-state index contributed by atoms with van der Waals surface area (Å²) in [5.74, 6) is 13.7. The van der Waals surface area contributed by atoms with Crippen LogP contribution in [0.4, 0.5) is 9.59 Å². The highest BCUT2D eigenvalue weighted by atomic mass is 16.5. The second-order valence-electron chi connectivity index (χ2n) is 13.2. The fraction of sp³-hybridized carbons (Fsp3) is 0.385. The van der Waals surface area contributed by atoms with Crippen LogP contribution in [-0.4, -0.2) is 93.6 Å². The van der Waals surface area contributed by atoms with Crippen molar-refractivity contribution < 1.29 is 28.7 Å². The largest absolute Gasteiger partial charge is 0.453 e. The molecule has 274 valence electrons. The van der Waals surface area contributed by atoms with Gasteiger partial charge in [-0.3, -0.25) is 9.59 Å². The van der Waals surface area contributed by atoms with E-state index in [-0.39, 0.29) is 36.4 Å². The summed E-state index contributed by atoms with van der Waals surface area (Å²) in [4.78, 5) is 68.8. The van der Waals surface area contributed by atoms with Crippen molar-refractivity contribution in [3.05, 3.63) is 83.0 Å². The van der Waals surface area contributed by atoms with Crippen molar-refractivity contribution in [3.63, 3.8) is 0 Å². The van der Waals surface area contributed by atoms with Crippen LogP contribution in [0, 0.1) is 29.6 Å². The van der Waals surface area contributed by atoms with Gasteiger partial charge in [-0.25, -0.2) is 19.6 Å². The van der Waals surface area contributed by atoms with Crippen LogP contribution in [0.15, 0.2) is 48.8 Å². The van der Waals surface area contributed by atoms with Gasteiger partial charge in [0.25, 0.3) is 0 Å². The Balaban J connectivity index is 1.16. The molecule has 0 aliphatic carbocycles. The van der Waals surface area contributed by atoms with E-state index in [1.54, 1.807) is 22.2 Å². The predicted molar refractivity (Wildman–Crippen MR) is 195 cm³/mol. The van der Waals surface area contributed by atoms with Crippen LogP contribution >= 0.6 is 0 Å². The molecule has 2 saturated heterocycles. The summed E-state index contributed by atoms with van der Waals surface area (Å²) in [5.41, 5.74) is 2.89. The van der Waals surface area contributed by atoms with E-state index in [1.165, 1.54) is 14.2 Å². The van der Waals surface area contributed by atoms with Gasteiger partial charge in [-0.1, -0.05) is 50.0 Å². The molecule has 6 rings (SSSR count). The van der Waals surface area contributed by atoms with Gasteiger partial charge < -0.3 is 39.9 Å². The summed E-state index contributed by atoms with van der Waals surface area (Å²) in [5, 5.41) is 7.01. The van der Waals surface area contributed by atoms with E-state index >= 15 is 0 Å². The molecule has 2 aliphatic heterocycles. The third-order valence-corrected chi connectivity index (χ3v) is 9.48. The molecule has 0 saturated carbocycles. The lowest BCUT2D eigenvalue weighted by Gasteiger charge is -2.29. The van der Waals surface area contributed by atoms with Gasteiger partial charge in [-0.2, -0.15) is 0 Å². The van der Waals surface area contributed by atoms with Crippen molar-refractivity contribution >= 4 is 34.8 Å². The van der Waals surface area contributed by atoms with E-state index in [2.05, 4.69) is 59.0 Å². The Hall–Kier alpha value is -6.28. The highest BCUT2D eigenvalue weighted by molar-refractivity contribution is 5.93. The van der Waals surface area contributed by atoms with Crippen molar-refractivity contribution in [3.8, 4) is 23.7 Å². The minimum atomic E-state index is -0.709. The average Bonchev–Trinajstić information content (AvgIpc) is 4.00. The molecular formula is C39H42N8O6. The van der Waals surface area contributed by atoms with Crippen LogP contribution in [0.1, 0.15) is 85.8 Å². The van der Waals surface area contributed by atoms with Crippen molar-refractivity contribution in [2.45, 2.75) is 57.7 Å². The summed E-state index contributed by atoms with van der Waals surface area (Å²) < 4.78 is 9.30. The molecule has 14 heteroatoms. The number of ether oxygens (including phenoxy) is 2. The van der Waals surface area contributed by atoms with E-state index in [0.29, 0.717) is 36.1 Å². The second-order valence-corrected chi connectivity index (χ2v) is 13.2. The van der Waals surface area contributed by atoms with Crippen molar-refractivity contribution in [2.24, 2.45) is 5.92 Å². The zero-order valence-electron chi connectivity index (χ0n) is 30.1. The topological polar surface area (TPSA) is 175 Å². The number of benzene rings is 2. The molecule has 0 bridgehead atoms. The van der Waals surface area contributed by atoms with Gasteiger partial charge in [0.15, 0.2) is 0 Å². The number of hydrogen-bond donors (Lipinski definition) is 4. The number of H-pyrrole nitrogens is 2. The summed E-state index contributed by atoms with van der Waals surface area (Å²) in [6, 6.07) is 10.6. The molecule has 2 aromatic carbocycles. The van der Waals surface area contributed by atoms with Gasteiger partial charge in [0, 0.05) is 24.2 Å². The molecule has 0 radical (unpaired) electrons. The minimum Gasteiger partial charge on any atom is -0.453 e. The SMILES string of the molecule is COC(=O)NCC(=O)N1CCC[C@H]1c1ncc(C#Cc2cccc3c(C#Cc4cnc([C@@H]5CCCN5C(=O)[C@@H](NC(=O)OC)C(C)C)[nH]4)cccc23)[nH]1. The zero-order valence-corrected chi connectivity index (χ0v) is 30.1. The maximum atomic E-state index is 13.5. The number of carbonyl (C=O) groups excluding carboxylic acids is 4. The summed E-state index contributed by atoms with van der Waals surface area (Å²) >= 11 is 0. The number of nitrogens with zero attached hydrogens (tertiary/aromatic N) is 4. The van der Waals surface area contributed by atoms with Gasteiger partial charge in [0.05, 0.1) is 38.7 Å². The summed E-state index contributed by atoms with van der Waals surface area (Å²) in [7, 11) is 2.53. The molecule has 0 unspecified atom stereocenters. The van der Waals surface area contributed by atoms with Crippen molar-refractivity contribution in [1.29, 1.82) is 0 Å². The Morgan fingerprint density at radius 1 is 0.792 bits per heavy atom. The number of rotatable bonds is 7. The second kappa shape index (κ2) is 16.4. The predicted octanol–water partition coefficient (Wildman–Crippen LogP) is 4.15. The number of aromatic nitrogens is 4. The fourth-order valence-corrected chi connectivity index (χ4v) is 6.80. The number of alkyl carbamates (subject to hydrolysis) is 2. The van der Waals surface area contributed by atoms with Gasteiger partial charge in [-0.15, -0.1) is 0 Å². The molecule has 2 aliphatic rings. The molecule has 2 aromatic heterocycles. The number of likely N-dealkylation sites (tertiary alicyclic amines) is 2. The van der Waals surface area contributed by atoms with Gasteiger partial charge in [0.2, 0.25) is 11.8 Å². The Kier molecular flexibility index (Phi) is 11.3. The average molecular weight is 719 g/mol. The molecule has 4 heterocycles. The monoisotopic (exact) mass is 718 g/mol. The molecule has 4 amide bonds. The smallest absolute Gasteiger partial charge is 0.407 e. The third-order valence-electron chi connectivity index (χ3n) is 9.48. The molecule has 53 heavy (non-hydrogen) atoms. The quantitative estimate of drug-likeness (QED) is 0.206. The maximum absolute atomic E-state index is 13.5. The lowest BCUT2D eigenvalue weighted by Crippen LogP contribution is -2.51. The summed E-state index contributed by atoms with van der Waals surface area (Å²) in [6.07, 6.45) is 5.20. The Bertz CT molecular complexity index is 2130. The number of hydrogen-bond acceptors (Lipinski definition) is 8. The number of methoxy groups -OCH3 is 2. The molecule has 3 atom stereocenters. The highest BCUT2D eigenvalue weighted by Crippen LogP contribution is 2.32. The van der Waals surface area contributed by atoms with Gasteiger partial charge in [0.1, 0.15) is 35.6 Å². The molecule has 0 spiro atoms. The Labute approximate surface area is 307 Å². The van der Waals surface area contributed by atoms with Crippen molar-refractivity contribution in [1.82, 2.24) is 40.4 Å². The lowest BCUT2D eigenvalue weighted by atomic mass is 10.0. The lowest BCUT2D eigenvalue weighted by molar-refractivity contribution is -0.135. The number of aromatic amines is 2. The first kappa shape index (κ1) is 36.5. The molecule has 2 fully saturated rings. The number of amides is 4. The van der Waals surface area contributed by atoms with E-state index in [1.807, 2.05) is 50.2 Å². The van der Waals surface area contributed by atoms with E-state index in [0.717, 1.165) is 47.6 Å². The number of imidazole rings is 2. The first-order valence-corrected chi connectivity index (χ1v) is 17.6. The van der Waals surface area contributed by atoms with Crippen LogP contribution in [0.5, 0.6) is 0 Å². The van der Waals surface area contributed by atoms with Crippen LogP contribution in [0.2, 0.25) is 0 Å². The fourth-order valence-electron chi connectivity index (χ4n) is 6.80. The van der Waals surface area contributed by atoms with E-state index in [9.17, 15) is 19.2 Å². The zero-order chi connectivity index (χ0) is 37.5.